The fraction of sp³-hybridized carbons (Fsp3) is 0.647. The Balaban J connectivity index is 1.90. The number of nitrogens with zero attached hydrogens (tertiary/aromatic N) is 2. The quantitative estimate of drug-likeness (QED) is 0.832. The average Bonchev–Trinajstić information content (AvgIpc) is 2.75. The third-order valence-corrected chi connectivity index (χ3v) is 4.32. The Morgan fingerprint density at radius 1 is 1.33 bits per heavy atom. The second kappa shape index (κ2) is 7.36. The first-order chi connectivity index (χ1) is 9.97. The van der Waals surface area contributed by atoms with Crippen molar-refractivity contribution < 1.29 is 10.2 Å². The number of β-amino-alcohol motifs (C(OH)–C–C–N with tert-alkyl or cyclic N) is 1. The van der Waals surface area contributed by atoms with Gasteiger partial charge in [0.25, 0.3) is 0 Å². The number of benzene rings is 1. The van der Waals surface area contributed by atoms with Gasteiger partial charge >= 0.3 is 0 Å². The number of aliphatic hydroxyl groups is 2. The molecule has 1 fully saturated rings. The van der Waals surface area contributed by atoms with Crippen LogP contribution >= 0.6 is 0 Å². The lowest BCUT2D eigenvalue weighted by molar-refractivity contribution is 0.124. The number of rotatable bonds is 6. The maximum atomic E-state index is 10.4. The van der Waals surface area contributed by atoms with Crippen molar-refractivity contribution in [3.05, 3.63) is 35.4 Å². The molecule has 4 heteroatoms. The first-order valence-corrected chi connectivity index (χ1v) is 7.77. The fourth-order valence-corrected chi connectivity index (χ4v) is 3.25. The molecular formula is C17H28N2O2. The summed E-state index contributed by atoms with van der Waals surface area (Å²) in [6.45, 7) is 4.54. The lowest BCUT2D eigenvalue weighted by atomic mass is 10.0. The van der Waals surface area contributed by atoms with Crippen molar-refractivity contribution in [1.82, 2.24) is 9.80 Å². The van der Waals surface area contributed by atoms with Crippen LogP contribution in [0.25, 0.3) is 0 Å². The van der Waals surface area contributed by atoms with Gasteiger partial charge in [0.15, 0.2) is 0 Å². The van der Waals surface area contributed by atoms with Crippen molar-refractivity contribution in [3.8, 4) is 0 Å². The van der Waals surface area contributed by atoms with Gasteiger partial charge in [-0.3, -0.25) is 4.90 Å². The van der Waals surface area contributed by atoms with Crippen LogP contribution in [0.3, 0.4) is 0 Å². The van der Waals surface area contributed by atoms with Crippen LogP contribution in [0.4, 0.5) is 0 Å². The van der Waals surface area contributed by atoms with E-state index in [1.165, 1.54) is 0 Å². The molecule has 4 nitrogen and oxygen atoms in total. The molecule has 0 bridgehead atoms. The number of likely N-dealkylation sites (tertiary alicyclic amines) is 1. The minimum atomic E-state index is -0.427. The van der Waals surface area contributed by atoms with E-state index in [9.17, 15) is 10.2 Å². The van der Waals surface area contributed by atoms with E-state index >= 15 is 0 Å². The summed E-state index contributed by atoms with van der Waals surface area (Å²) in [4.78, 5) is 4.47. The lowest BCUT2D eigenvalue weighted by Gasteiger charge is -2.27. The van der Waals surface area contributed by atoms with Gasteiger partial charge in [-0.2, -0.15) is 0 Å². The van der Waals surface area contributed by atoms with Gasteiger partial charge in [0.05, 0.1) is 12.2 Å². The SMILES string of the molecule is Cc1ccccc1C(O)CCN1CC(O)CC1CN(C)C. The topological polar surface area (TPSA) is 46.9 Å². The van der Waals surface area contributed by atoms with Gasteiger partial charge in [-0.1, -0.05) is 24.3 Å². The Bertz CT molecular complexity index is 450. The molecule has 3 atom stereocenters. The highest BCUT2D eigenvalue weighted by atomic mass is 16.3. The van der Waals surface area contributed by atoms with Crippen LogP contribution in [0, 0.1) is 6.92 Å². The molecule has 2 rings (SSSR count). The Hall–Kier alpha value is -0.940. The molecule has 0 aromatic heterocycles. The molecule has 3 unspecified atom stereocenters. The van der Waals surface area contributed by atoms with Crippen molar-refractivity contribution in [2.24, 2.45) is 0 Å². The van der Waals surface area contributed by atoms with Crippen LogP contribution in [-0.4, -0.2) is 65.9 Å². The van der Waals surface area contributed by atoms with E-state index in [0.29, 0.717) is 12.5 Å². The minimum absolute atomic E-state index is 0.231. The summed E-state index contributed by atoms with van der Waals surface area (Å²) in [5, 5.41) is 20.3. The maximum Gasteiger partial charge on any atom is 0.0804 e. The molecule has 1 heterocycles. The molecule has 0 amide bonds. The highest BCUT2D eigenvalue weighted by Gasteiger charge is 2.31. The van der Waals surface area contributed by atoms with Crippen molar-refractivity contribution >= 4 is 0 Å². The summed E-state index contributed by atoms with van der Waals surface area (Å²) >= 11 is 0. The van der Waals surface area contributed by atoms with Crippen molar-refractivity contribution in [3.63, 3.8) is 0 Å². The molecule has 0 saturated carbocycles. The Morgan fingerprint density at radius 2 is 2.05 bits per heavy atom. The second-order valence-corrected chi connectivity index (χ2v) is 6.46. The van der Waals surface area contributed by atoms with Crippen molar-refractivity contribution in [1.29, 1.82) is 0 Å². The van der Waals surface area contributed by atoms with Crippen molar-refractivity contribution in [2.75, 3.05) is 33.7 Å². The highest BCUT2D eigenvalue weighted by Crippen LogP contribution is 2.24. The summed E-state index contributed by atoms with van der Waals surface area (Å²) in [7, 11) is 4.12. The zero-order valence-corrected chi connectivity index (χ0v) is 13.4. The first kappa shape index (κ1) is 16.4. The smallest absolute Gasteiger partial charge is 0.0804 e. The van der Waals surface area contributed by atoms with E-state index in [1.54, 1.807) is 0 Å². The molecule has 0 aliphatic carbocycles. The van der Waals surface area contributed by atoms with Crippen molar-refractivity contribution in [2.45, 2.75) is 38.0 Å². The van der Waals surface area contributed by atoms with Crippen LogP contribution in [0.1, 0.15) is 30.1 Å². The number of hydrogen-bond acceptors (Lipinski definition) is 4. The molecule has 1 aliphatic heterocycles. The molecular weight excluding hydrogens is 264 g/mol. The zero-order chi connectivity index (χ0) is 15.4. The summed E-state index contributed by atoms with van der Waals surface area (Å²) in [5.41, 5.74) is 2.15. The van der Waals surface area contributed by atoms with E-state index < -0.39 is 6.10 Å². The van der Waals surface area contributed by atoms with Gasteiger partial charge in [0.2, 0.25) is 0 Å². The number of aryl methyl sites for hydroxylation is 1. The molecule has 1 saturated heterocycles. The normalized spacial score (nSPS) is 24.7. The van der Waals surface area contributed by atoms with Crippen LogP contribution in [0.15, 0.2) is 24.3 Å². The number of likely N-dealkylation sites (N-methyl/N-ethyl adjacent to an activating group) is 1. The number of aliphatic hydroxyl groups excluding tert-OH is 2. The predicted octanol–water partition coefficient (Wildman–Crippen LogP) is 1.42. The minimum Gasteiger partial charge on any atom is -0.392 e. The maximum absolute atomic E-state index is 10.4. The largest absolute Gasteiger partial charge is 0.392 e. The molecule has 0 spiro atoms. The lowest BCUT2D eigenvalue weighted by Crippen LogP contribution is -2.38. The van der Waals surface area contributed by atoms with Gasteiger partial charge in [0, 0.05) is 25.7 Å². The van der Waals surface area contributed by atoms with E-state index in [0.717, 1.165) is 37.2 Å². The van der Waals surface area contributed by atoms with Crippen LogP contribution in [-0.2, 0) is 0 Å². The summed E-state index contributed by atoms with van der Waals surface area (Å²) in [6, 6.07) is 8.39. The van der Waals surface area contributed by atoms with E-state index in [-0.39, 0.29) is 6.10 Å². The molecule has 118 valence electrons. The van der Waals surface area contributed by atoms with Gasteiger partial charge in [-0.05, 0) is 45.0 Å². The molecule has 2 N–H and O–H groups in total. The molecule has 21 heavy (non-hydrogen) atoms. The van der Waals surface area contributed by atoms with Gasteiger partial charge < -0.3 is 15.1 Å². The standard InChI is InChI=1S/C17H28N2O2/c1-13-6-4-5-7-16(13)17(21)8-9-19-12-15(20)10-14(19)11-18(2)3/h4-7,14-15,17,20-21H,8-12H2,1-3H3. The zero-order valence-electron chi connectivity index (χ0n) is 13.4. The molecule has 0 radical (unpaired) electrons. The first-order valence-electron chi connectivity index (χ1n) is 7.77. The van der Waals surface area contributed by atoms with Gasteiger partial charge in [0.1, 0.15) is 0 Å². The van der Waals surface area contributed by atoms with Crippen LogP contribution < -0.4 is 0 Å². The number of hydrogen-bond donors (Lipinski definition) is 2. The van der Waals surface area contributed by atoms with E-state index in [1.807, 2.05) is 31.2 Å². The Labute approximate surface area is 128 Å². The third-order valence-electron chi connectivity index (χ3n) is 4.32. The van der Waals surface area contributed by atoms with E-state index in [2.05, 4.69) is 23.9 Å². The molecule has 1 aliphatic rings. The monoisotopic (exact) mass is 292 g/mol. The molecule has 1 aromatic rings. The van der Waals surface area contributed by atoms with Crippen LogP contribution in [0.5, 0.6) is 0 Å². The van der Waals surface area contributed by atoms with E-state index in [4.69, 9.17) is 0 Å². The summed E-state index contributed by atoms with van der Waals surface area (Å²) < 4.78 is 0. The second-order valence-electron chi connectivity index (χ2n) is 6.46. The fourth-order valence-electron chi connectivity index (χ4n) is 3.25. The molecule has 1 aromatic carbocycles. The van der Waals surface area contributed by atoms with Gasteiger partial charge in [-0.15, -0.1) is 0 Å². The Kier molecular flexibility index (Phi) is 5.76. The third kappa shape index (κ3) is 4.51. The van der Waals surface area contributed by atoms with Gasteiger partial charge in [-0.25, -0.2) is 0 Å². The summed E-state index contributed by atoms with van der Waals surface area (Å²) in [6.07, 6.45) is 0.884. The Morgan fingerprint density at radius 3 is 2.71 bits per heavy atom. The summed E-state index contributed by atoms with van der Waals surface area (Å²) in [5.74, 6) is 0. The van der Waals surface area contributed by atoms with Crippen LogP contribution in [0.2, 0.25) is 0 Å². The highest BCUT2D eigenvalue weighted by molar-refractivity contribution is 5.27. The average molecular weight is 292 g/mol. The predicted molar refractivity (Wildman–Crippen MR) is 85.3 cm³/mol.